The lowest BCUT2D eigenvalue weighted by atomic mass is 9.76. The maximum atomic E-state index is 14.2. The molecule has 0 aliphatic carbocycles. The summed E-state index contributed by atoms with van der Waals surface area (Å²) in [6.45, 7) is 2.48. The Hall–Kier alpha value is -4.13. The van der Waals surface area contributed by atoms with Gasteiger partial charge in [0.05, 0.1) is 19.3 Å². The highest BCUT2D eigenvalue weighted by molar-refractivity contribution is 6.01. The molecule has 2 atom stereocenters. The number of carbonyl (C=O) groups is 2. The second-order valence-electron chi connectivity index (χ2n) is 9.93. The predicted molar refractivity (Wildman–Crippen MR) is 139 cm³/mol. The molecule has 0 saturated carbocycles. The maximum Gasteiger partial charge on any atom is 0.254 e. The molecule has 2 aliphatic heterocycles. The van der Waals surface area contributed by atoms with Gasteiger partial charge in [0.25, 0.3) is 5.91 Å². The Kier molecular flexibility index (Phi) is 5.51. The number of nitrogens with zero attached hydrogens (tertiary/aromatic N) is 2. The number of fused-ring (bicyclic) bond motifs is 5. The average molecular weight is 498 g/mol. The largest absolute Gasteiger partial charge is 0.497 e. The third-order valence-corrected chi connectivity index (χ3v) is 7.94. The molecule has 2 unspecified atom stereocenters. The molecule has 37 heavy (non-hydrogen) atoms. The Labute approximate surface area is 214 Å². The molecular formula is C30H28FN3O3. The summed E-state index contributed by atoms with van der Waals surface area (Å²) in [5.74, 6) is 0.0945. The number of halogens is 1. The third kappa shape index (κ3) is 3.60. The summed E-state index contributed by atoms with van der Waals surface area (Å²) in [7, 11) is 1.63. The van der Waals surface area contributed by atoms with Crippen molar-refractivity contribution < 1.29 is 18.7 Å². The van der Waals surface area contributed by atoms with Crippen molar-refractivity contribution in [2.75, 3.05) is 26.7 Å². The van der Waals surface area contributed by atoms with Crippen molar-refractivity contribution in [3.05, 3.63) is 101 Å². The Morgan fingerprint density at radius 3 is 2.51 bits per heavy atom. The number of H-pyrrole nitrogens is 1. The van der Waals surface area contributed by atoms with Gasteiger partial charge < -0.3 is 19.5 Å². The summed E-state index contributed by atoms with van der Waals surface area (Å²) < 4.78 is 19.6. The number of aromatic amines is 1. The van der Waals surface area contributed by atoms with Crippen molar-refractivity contribution in [3.63, 3.8) is 0 Å². The van der Waals surface area contributed by atoms with Crippen molar-refractivity contribution in [2.24, 2.45) is 0 Å². The van der Waals surface area contributed by atoms with Gasteiger partial charge in [0, 0.05) is 29.9 Å². The molecule has 188 valence electrons. The van der Waals surface area contributed by atoms with Gasteiger partial charge in [0.15, 0.2) is 5.54 Å². The summed E-state index contributed by atoms with van der Waals surface area (Å²) in [4.78, 5) is 34.5. The minimum atomic E-state index is -1.18. The van der Waals surface area contributed by atoms with Crippen molar-refractivity contribution in [3.8, 4) is 5.75 Å². The molecule has 0 radical (unpaired) electrons. The highest BCUT2D eigenvalue weighted by Gasteiger charge is 2.56. The van der Waals surface area contributed by atoms with Crippen molar-refractivity contribution in [2.45, 2.75) is 24.8 Å². The van der Waals surface area contributed by atoms with Crippen LogP contribution >= 0.6 is 0 Å². The number of piperazine rings is 1. The van der Waals surface area contributed by atoms with Crippen LogP contribution in [0.25, 0.3) is 10.9 Å². The number of nitrogens with one attached hydrogen (secondary N) is 1. The molecule has 7 heteroatoms. The second kappa shape index (κ2) is 8.76. The molecule has 0 spiro atoms. The number of benzene rings is 3. The lowest BCUT2D eigenvalue weighted by molar-refractivity contribution is -0.166. The average Bonchev–Trinajstić information content (AvgIpc) is 3.32. The zero-order valence-corrected chi connectivity index (χ0v) is 20.8. The predicted octanol–water partition coefficient (Wildman–Crippen LogP) is 4.59. The van der Waals surface area contributed by atoms with Crippen LogP contribution in [0.2, 0.25) is 0 Å². The summed E-state index contributed by atoms with van der Waals surface area (Å²) >= 11 is 0. The molecule has 3 aromatic carbocycles. The van der Waals surface area contributed by atoms with Crippen LogP contribution in [0.3, 0.4) is 0 Å². The van der Waals surface area contributed by atoms with Gasteiger partial charge >= 0.3 is 0 Å². The Morgan fingerprint density at radius 2 is 1.76 bits per heavy atom. The van der Waals surface area contributed by atoms with Crippen LogP contribution in [-0.4, -0.2) is 53.3 Å². The van der Waals surface area contributed by atoms with E-state index in [-0.39, 0.29) is 36.6 Å². The second-order valence-corrected chi connectivity index (χ2v) is 9.93. The van der Waals surface area contributed by atoms with Crippen LogP contribution in [0.4, 0.5) is 4.39 Å². The topological polar surface area (TPSA) is 65.6 Å². The normalized spacial score (nSPS) is 21.2. The highest BCUT2D eigenvalue weighted by atomic mass is 19.1. The monoisotopic (exact) mass is 497 g/mol. The van der Waals surface area contributed by atoms with E-state index in [9.17, 15) is 14.0 Å². The molecular weight excluding hydrogens is 469 g/mol. The van der Waals surface area contributed by atoms with Crippen LogP contribution in [0.1, 0.15) is 35.2 Å². The summed E-state index contributed by atoms with van der Waals surface area (Å²) in [5, 5.41) is 1.04. The van der Waals surface area contributed by atoms with Crippen LogP contribution < -0.4 is 4.74 Å². The van der Waals surface area contributed by atoms with Gasteiger partial charge in [-0.15, -0.1) is 0 Å². The lowest BCUT2D eigenvalue weighted by Gasteiger charge is -2.51. The number of methoxy groups -OCH3 is 1. The van der Waals surface area contributed by atoms with Crippen molar-refractivity contribution in [1.82, 2.24) is 14.8 Å². The SMILES string of the molecule is COc1ccc(C2CN3C(=O)CN(CCc4ccccc4F)C(=O)C3(C)c3[nH]c4ccccc4c32)cc1. The summed E-state index contributed by atoms with van der Waals surface area (Å²) in [6.07, 6.45) is 0.343. The maximum absolute atomic E-state index is 14.2. The molecule has 1 aromatic heterocycles. The number of hydrogen-bond acceptors (Lipinski definition) is 3. The fourth-order valence-corrected chi connectivity index (χ4v) is 5.95. The first-order chi connectivity index (χ1) is 17.9. The lowest BCUT2D eigenvalue weighted by Crippen LogP contribution is -2.67. The van der Waals surface area contributed by atoms with Crippen LogP contribution in [0.15, 0.2) is 72.8 Å². The molecule has 6 rings (SSSR count). The smallest absolute Gasteiger partial charge is 0.254 e. The van der Waals surface area contributed by atoms with Crippen molar-refractivity contribution >= 4 is 22.7 Å². The molecule has 6 nitrogen and oxygen atoms in total. The van der Waals surface area contributed by atoms with Gasteiger partial charge in [-0.25, -0.2) is 4.39 Å². The minimum Gasteiger partial charge on any atom is -0.497 e. The van der Waals surface area contributed by atoms with E-state index in [1.165, 1.54) is 6.07 Å². The van der Waals surface area contributed by atoms with E-state index < -0.39 is 5.54 Å². The first kappa shape index (κ1) is 23.3. The molecule has 1 N–H and O–H groups in total. The van der Waals surface area contributed by atoms with E-state index in [4.69, 9.17) is 4.74 Å². The van der Waals surface area contributed by atoms with E-state index >= 15 is 0 Å². The molecule has 2 amide bonds. The number of ether oxygens (including phenoxy) is 1. The molecule has 3 heterocycles. The standard InChI is InChI=1S/C30H28FN3O3/c1-30-28-27(22-8-4-6-10-25(22)32-28)23(19-11-13-21(37-2)14-12-19)17-34(30)26(35)18-33(29(30)36)16-15-20-7-3-5-9-24(20)31/h3-14,23,32H,15-18H2,1-2H3. The Morgan fingerprint density at radius 1 is 1.03 bits per heavy atom. The van der Waals surface area contributed by atoms with Gasteiger partial charge in [-0.3, -0.25) is 9.59 Å². The van der Waals surface area contributed by atoms with E-state index in [1.807, 2.05) is 49.4 Å². The molecule has 0 bridgehead atoms. The van der Waals surface area contributed by atoms with Gasteiger partial charge in [0.1, 0.15) is 11.6 Å². The van der Waals surface area contributed by atoms with E-state index in [2.05, 4.69) is 11.1 Å². The zero-order valence-electron chi connectivity index (χ0n) is 20.8. The fraction of sp³-hybridized carbons (Fsp3) is 0.267. The van der Waals surface area contributed by atoms with E-state index in [0.29, 0.717) is 18.5 Å². The van der Waals surface area contributed by atoms with Gasteiger partial charge in [-0.05, 0) is 54.3 Å². The fourth-order valence-electron chi connectivity index (χ4n) is 5.95. The van der Waals surface area contributed by atoms with E-state index in [1.54, 1.807) is 35.1 Å². The third-order valence-electron chi connectivity index (χ3n) is 7.94. The molecule has 4 aromatic rings. The van der Waals surface area contributed by atoms with Gasteiger partial charge in [0.2, 0.25) is 5.91 Å². The minimum absolute atomic E-state index is 0.0201. The molecule has 2 aliphatic rings. The summed E-state index contributed by atoms with van der Waals surface area (Å²) in [6, 6.07) is 22.5. The van der Waals surface area contributed by atoms with Gasteiger partial charge in [-0.1, -0.05) is 48.5 Å². The zero-order chi connectivity index (χ0) is 25.7. The Bertz CT molecular complexity index is 1510. The van der Waals surface area contributed by atoms with Crippen LogP contribution in [0.5, 0.6) is 5.75 Å². The molecule has 1 fully saturated rings. The van der Waals surface area contributed by atoms with Crippen LogP contribution in [0, 0.1) is 5.82 Å². The number of para-hydroxylation sites is 1. The number of hydrogen-bond donors (Lipinski definition) is 1. The number of rotatable bonds is 5. The summed E-state index contributed by atoms with van der Waals surface area (Å²) in [5.41, 5.74) is 3.12. The first-order valence-electron chi connectivity index (χ1n) is 12.5. The van der Waals surface area contributed by atoms with Gasteiger partial charge in [-0.2, -0.15) is 0 Å². The number of amides is 2. The Balaban J connectivity index is 1.43. The number of carbonyl (C=O) groups excluding carboxylic acids is 2. The van der Waals surface area contributed by atoms with E-state index in [0.717, 1.165) is 33.5 Å². The quantitative estimate of drug-likeness (QED) is 0.439. The van der Waals surface area contributed by atoms with Crippen molar-refractivity contribution in [1.29, 1.82) is 0 Å². The number of aromatic nitrogens is 1. The first-order valence-corrected chi connectivity index (χ1v) is 12.5. The van der Waals surface area contributed by atoms with Crippen LogP contribution in [-0.2, 0) is 21.5 Å². The highest BCUT2D eigenvalue weighted by Crippen LogP contribution is 2.48. The molecule has 1 saturated heterocycles.